The molecule has 0 bridgehead atoms. The van der Waals surface area contributed by atoms with E-state index in [1.807, 2.05) is 52.0 Å². The van der Waals surface area contributed by atoms with Crippen LogP contribution in [0.2, 0.25) is 0 Å². The summed E-state index contributed by atoms with van der Waals surface area (Å²) in [5.41, 5.74) is 2.65. The summed E-state index contributed by atoms with van der Waals surface area (Å²) in [5, 5.41) is 6.22. The van der Waals surface area contributed by atoms with Gasteiger partial charge in [0.2, 0.25) is 5.95 Å². The van der Waals surface area contributed by atoms with Gasteiger partial charge in [0.05, 0.1) is 24.6 Å². The average molecular weight is 369 g/mol. The van der Waals surface area contributed by atoms with E-state index < -0.39 is 0 Å². The molecular weight excluding hydrogens is 342 g/mol. The van der Waals surface area contributed by atoms with Crippen molar-refractivity contribution in [2.24, 2.45) is 0 Å². The van der Waals surface area contributed by atoms with Crippen LogP contribution in [0, 0.1) is 6.92 Å². The molecule has 1 aromatic carbocycles. The fraction of sp³-hybridized carbons (Fsp3) is 0.450. The quantitative estimate of drug-likeness (QED) is 0.862. The first-order chi connectivity index (χ1) is 12.8. The Morgan fingerprint density at radius 3 is 2.56 bits per heavy atom. The molecule has 7 heteroatoms. The number of benzene rings is 1. The van der Waals surface area contributed by atoms with Crippen molar-refractivity contribution >= 4 is 23.2 Å². The molecule has 1 saturated heterocycles. The van der Waals surface area contributed by atoms with Crippen LogP contribution >= 0.6 is 0 Å². The Kier molecular flexibility index (Phi) is 5.60. The van der Waals surface area contributed by atoms with Crippen LogP contribution in [0.3, 0.4) is 0 Å². The van der Waals surface area contributed by atoms with E-state index in [1.54, 1.807) is 6.07 Å². The molecule has 0 radical (unpaired) electrons. The van der Waals surface area contributed by atoms with Gasteiger partial charge in [-0.1, -0.05) is 12.1 Å². The van der Waals surface area contributed by atoms with E-state index in [-0.39, 0.29) is 11.4 Å². The summed E-state index contributed by atoms with van der Waals surface area (Å²) < 4.78 is 5.42. The zero-order valence-electron chi connectivity index (χ0n) is 16.4. The third-order valence-corrected chi connectivity index (χ3v) is 4.08. The van der Waals surface area contributed by atoms with Crippen LogP contribution in [-0.4, -0.2) is 47.7 Å². The molecule has 7 nitrogen and oxygen atoms in total. The molecule has 3 rings (SSSR count). The summed E-state index contributed by atoms with van der Waals surface area (Å²) in [5.74, 6) is 0.201. The molecule has 1 aliphatic heterocycles. The predicted molar refractivity (Wildman–Crippen MR) is 108 cm³/mol. The third-order valence-electron chi connectivity index (χ3n) is 4.08. The van der Waals surface area contributed by atoms with Crippen molar-refractivity contribution in [1.82, 2.24) is 9.97 Å². The number of anilines is 3. The van der Waals surface area contributed by atoms with Gasteiger partial charge in [0.25, 0.3) is 5.91 Å². The van der Waals surface area contributed by atoms with Crippen molar-refractivity contribution in [3.05, 3.63) is 41.7 Å². The molecule has 2 N–H and O–H groups in total. The number of ether oxygens (including phenoxy) is 1. The van der Waals surface area contributed by atoms with E-state index in [9.17, 15) is 4.79 Å². The molecule has 27 heavy (non-hydrogen) atoms. The smallest absolute Gasteiger partial charge is 0.274 e. The number of carbonyl (C=O) groups excluding carboxylic acids is 1. The number of hydrogen-bond acceptors (Lipinski definition) is 6. The molecule has 0 unspecified atom stereocenters. The number of nitrogens with one attached hydrogen (secondary N) is 2. The van der Waals surface area contributed by atoms with Crippen molar-refractivity contribution in [2.75, 3.05) is 41.8 Å². The van der Waals surface area contributed by atoms with Crippen LogP contribution < -0.4 is 15.5 Å². The highest BCUT2D eigenvalue weighted by atomic mass is 16.5. The van der Waals surface area contributed by atoms with Crippen LogP contribution in [0.25, 0.3) is 0 Å². The number of rotatable bonds is 4. The number of nitrogens with zero attached hydrogens (tertiary/aromatic N) is 3. The van der Waals surface area contributed by atoms with E-state index in [0.717, 1.165) is 30.2 Å². The highest BCUT2D eigenvalue weighted by molar-refractivity contribution is 6.04. The molecule has 0 aliphatic carbocycles. The lowest BCUT2D eigenvalue weighted by Crippen LogP contribution is -2.36. The predicted octanol–water partition coefficient (Wildman–Crippen LogP) is 3.08. The van der Waals surface area contributed by atoms with E-state index in [4.69, 9.17) is 4.74 Å². The van der Waals surface area contributed by atoms with Gasteiger partial charge in [-0.05, 0) is 45.9 Å². The summed E-state index contributed by atoms with van der Waals surface area (Å²) >= 11 is 0. The number of morpholine rings is 1. The number of aryl methyl sites for hydroxylation is 1. The van der Waals surface area contributed by atoms with Crippen LogP contribution in [0.15, 0.2) is 30.3 Å². The minimum absolute atomic E-state index is 0.190. The topological polar surface area (TPSA) is 79.4 Å². The number of aromatic nitrogens is 2. The molecule has 1 aromatic heterocycles. The molecular formula is C20H27N5O2. The van der Waals surface area contributed by atoms with E-state index in [2.05, 4.69) is 25.5 Å². The van der Waals surface area contributed by atoms with Crippen molar-refractivity contribution in [3.63, 3.8) is 0 Å². The Hall–Kier alpha value is -2.67. The maximum atomic E-state index is 12.8. The van der Waals surface area contributed by atoms with Gasteiger partial charge in [0, 0.05) is 24.3 Å². The van der Waals surface area contributed by atoms with Gasteiger partial charge in [-0.3, -0.25) is 4.79 Å². The fourth-order valence-electron chi connectivity index (χ4n) is 2.92. The fourth-order valence-corrected chi connectivity index (χ4v) is 2.92. The monoisotopic (exact) mass is 369 g/mol. The Morgan fingerprint density at radius 1 is 1.15 bits per heavy atom. The minimum atomic E-state index is -0.252. The molecule has 2 heterocycles. The van der Waals surface area contributed by atoms with Gasteiger partial charge in [-0.25, -0.2) is 9.97 Å². The summed E-state index contributed by atoms with van der Waals surface area (Å²) in [6.45, 7) is 10.9. The standard InChI is InChI=1S/C20H27N5O2/c1-14-13-16(23-19(21-14)24-20(2,3)4)18(26)22-15-7-5-6-8-17(15)25-9-11-27-12-10-25/h5-8,13H,9-12H2,1-4H3,(H,22,26)(H,21,23,24). The number of hydrogen-bond donors (Lipinski definition) is 2. The largest absolute Gasteiger partial charge is 0.378 e. The minimum Gasteiger partial charge on any atom is -0.378 e. The summed E-state index contributed by atoms with van der Waals surface area (Å²) in [4.78, 5) is 23.8. The molecule has 144 valence electrons. The van der Waals surface area contributed by atoms with E-state index >= 15 is 0 Å². The Labute approximate surface area is 160 Å². The first-order valence-electron chi connectivity index (χ1n) is 9.19. The van der Waals surface area contributed by atoms with Crippen molar-refractivity contribution in [3.8, 4) is 0 Å². The zero-order chi connectivity index (χ0) is 19.4. The van der Waals surface area contributed by atoms with Gasteiger partial charge >= 0.3 is 0 Å². The van der Waals surface area contributed by atoms with Crippen molar-refractivity contribution in [1.29, 1.82) is 0 Å². The van der Waals surface area contributed by atoms with Gasteiger partial charge in [-0.2, -0.15) is 0 Å². The van der Waals surface area contributed by atoms with Crippen LogP contribution in [0.4, 0.5) is 17.3 Å². The zero-order valence-corrected chi connectivity index (χ0v) is 16.4. The Bertz CT molecular complexity index is 810. The maximum absolute atomic E-state index is 12.8. The van der Waals surface area contributed by atoms with Gasteiger partial charge in [0.15, 0.2) is 0 Å². The van der Waals surface area contributed by atoms with E-state index in [0.29, 0.717) is 24.9 Å². The first kappa shape index (κ1) is 19.1. The van der Waals surface area contributed by atoms with Crippen LogP contribution in [-0.2, 0) is 4.74 Å². The Balaban J connectivity index is 1.82. The second kappa shape index (κ2) is 7.92. The highest BCUT2D eigenvalue weighted by Gasteiger charge is 2.18. The Morgan fingerprint density at radius 2 is 1.85 bits per heavy atom. The normalized spacial score (nSPS) is 14.7. The van der Waals surface area contributed by atoms with Crippen LogP contribution in [0.5, 0.6) is 0 Å². The lowest BCUT2D eigenvalue weighted by molar-refractivity contribution is 0.102. The second-order valence-corrected chi connectivity index (χ2v) is 7.66. The summed E-state index contributed by atoms with van der Waals surface area (Å²) in [6.07, 6.45) is 0. The van der Waals surface area contributed by atoms with Crippen molar-refractivity contribution in [2.45, 2.75) is 33.2 Å². The number of para-hydroxylation sites is 2. The first-order valence-corrected chi connectivity index (χ1v) is 9.19. The SMILES string of the molecule is Cc1cc(C(=O)Nc2ccccc2N2CCOCC2)nc(NC(C)(C)C)n1. The molecule has 1 aliphatic rings. The molecule has 1 amide bonds. The molecule has 1 fully saturated rings. The molecule has 2 aromatic rings. The summed E-state index contributed by atoms with van der Waals surface area (Å²) in [6, 6.07) is 9.50. The second-order valence-electron chi connectivity index (χ2n) is 7.66. The summed E-state index contributed by atoms with van der Waals surface area (Å²) in [7, 11) is 0. The molecule has 0 saturated carbocycles. The van der Waals surface area contributed by atoms with Crippen LogP contribution in [0.1, 0.15) is 37.0 Å². The van der Waals surface area contributed by atoms with Gasteiger partial charge in [0.1, 0.15) is 5.69 Å². The lowest BCUT2D eigenvalue weighted by atomic mass is 10.1. The number of amides is 1. The third kappa shape index (κ3) is 5.17. The van der Waals surface area contributed by atoms with Gasteiger partial charge < -0.3 is 20.3 Å². The lowest BCUT2D eigenvalue weighted by Gasteiger charge is -2.30. The highest BCUT2D eigenvalue weighted by Crippen LogP contribution is 2.27. The van der Waals surface area contributed by atoms with E-state index in [1.165, 1.54) is 0 Å². The maximum Gasteiger partial charge on any atom is 0.274 e. The van der Waals surface area contributed by atoms with Crippen molar-refractivity contribution < 1.29 is 9.53 Å². The van der Waals surface area contributed by atoms with Gasteiger partial charge in [-0.15, -0.1) is 0 Å². The number of carbonyl (C=O) groups is 1. The average Bonchev–Trinajstić information content (AvgIpc) is 2.61. The molecule has 0 atom stereocenters. The molecule has 0 spiro atoms.